The van der Waals surface area contributed by atoms with Crippen molar-refractivity contribution in [2.75, 3.05) is 19.8 Å². The molecule has 1 aliphatic rings. The Morgan fingerprint density at radius 2 is 2.35 bits per heavy atom. The SMILES string of the molecule is O=C(c1cnns1)N1CCOc2ccccc2[C@@H]1CO. The van der Waals surface area contributed by atoms with E-state index in [1.807, 2.05) is 24.3 Å². The first-order valence-electron chi connectivity index (χ1n) is 6.22. The Kier molecular flexibility index (Phi) is 3.62. The molecule has 1 N–H and O–H groups in total. The van der Waals surface area contributed by atoms with Gasteiger partial charge in [-0.05, 0) is 17.6 Å². The van der Waals surface area contributed by atoms with Crippen LogP contribution in [0.2, 0.25) is 0 Å². The summed E-state index contributed by atoms with van der Waals surface area (Å²) >= 11 is 1.05. The lowest BCUT2D eigenvalue weighted by atomic mass is 10.0. The van der Waals surface area contributed by atoms with Crippen LogP contribution in [-0.4, -0.2) is 45.3 Å². The number of carbonyl (C=O) groups is 1. The van der Waals surface area contributed by atoms with Crippen molar-refractivity contribution in [1.29, 1.82) is 0 Å². The molecule has 0 bridgehead atoms. The molecule has 0 saturated heterocycles. The summed E-state index contributed by atoms with van der Waals surface area (Å²) in [5, 5.41) is 13.4. The van der Waals surface area contributed by atoms with Crippen molar-refractivity contribution in [3.05, 3.63) is 40.9 Å². The van der Waals surface area contributed by atoms with Crippen molar-refractivity contribution in [2.45, 2.75) is 6.04 Å². The number of hydrogen-bond donors (Lipinski definition) is 1. The van der Waals surface area contributed by atoms with Crippen LogP contribution in [-0.2, 0) is 0 Å². The number of aliphatic hydroxyl groups excluding tert-OH is 1. The molecule has 0 spiro atoms. The van der Waals surface area contributed by atoms with Gasteiger partial charge in [0, 0.05) is 5.56 Å². The second-order valence-corrected chi connectivity index (χ2v) is 5.15. The van der Waals surface area contributed by atoms with E-state index in [2.05, 4.69) is 9.59 Å². The summed E-state index contributed by atoms with van der Waals surface area (Å²) in [6.45, 7) is 0.653. The summed E-state index contributed by atoms with van der Waals surface area (Å²) in [6, 6.07) is 7.04. The second-order valence-electron chi connectivity index (χ2n) is 4.36. The predicted octanol–water partition coefficient (Wildman–Crippen LogP) is 1.11. The summed E-state index contributed by atoms with van der Waals surface area (Å²) < 4.78 is 9.35. The quantitative estimate of drug-likeness (QED) is 0.897. The van der Waals surface area contributed by atoms with Crippen molar-refractivity contribution in [3.63, 3.8) is 0 Å². The Labute approximate surface area is 119 Å². The zero-order chi connectivity index (χ0) is 13.9. The molecule has 3 rings (SSSR count). The monoisotopic (exact) mass is 291 g/mol. The largest absolute Gasteiger partial charge is 0.491 e. The highest BCUT2D eigenvalue weighted by molar-refractivity contribution is 7.07. The first kappa shape index (κ1) is 13.0. The lowest BCUT2D eigenvalue weighted by molar-refractivity contribution is 0.0589. The predicted molar refractivity (Wildman–Crippen MR) is 72.7 cm³/mol. The third kappa shape index (κ3) is 2.25. The van der Waals surface area contributed by atoms with E-state index in [9.17, 15) is 9.90 Å². The van der Waals surface area contributed by atoms with Crippen LogP contribution < -0.4 is 4.74 Å². The van der Waals surface area contributed by atoms with Gasteiger partial charge in [-0.2, -0.15) is 0 Å². The number of para-hydroxylation sites is 1. The smallest absolute Gasteiger partial charge is 0.267 e. The molecule has 20 heavy (non-hydrogen) atoms. The van der Waals surface area contributed by atoms with Crippen LogP contribution in [0.3, 0.4) is 0 Å². The van der Waals surface area contributed by atoms with Gasteiger partial charge in [0.05, 0.1) is 25.4 Å². The van der Waals surface area contributed by atoms with Gasteiger partial charge in [-0.3, -0.25) is 4.79 Å². The maximum Gasteiger partial charge on any atom is 0.267 e. The Bertz CT molecular complexity index is 603. The van der Waals surface area contributed by atoms with Gasteiger partial charge in [0.25, 0.3) is 5.91 Å². The molecule has 0 unspecified atom stereocenters. The van der Waals surface area contributed by atoms with Gasteiger partial charge >= 0.3 is 0 Å². The fraction of sp³-hybridized carbons (Fsp3) is 0.308. The van der Waals surface area contributed by atoms with Gasteiger partial charge in [0.1, 0.15) is 17.2 Å². The molecule has 1 amide bonds. The maximum atomic E-state index is 12.5. The lowest BCUT2D eigenvalue weighted by Crippen LogP contribution is -2.37. The summed E-state index contributed by atoms with van der Waals surface area (Å²) in [5.74, 6) is 0.531. The van der Waals surface area contributed by atoms with Gasteiger partial charge in [0.15, 0.2) is 0 Å². The number of carbonyl (C=O) groups excluding carboxylic acids is 1. The zero-order valence-electron chi connectivity index (χ0n) is 10.6. The molecule has 1 atom stereocenters. The Morgan fingerprint density at radius 1 is 1.50 bits per heavy atom. The molecule has 0 saturated carbocycles. The number of nitrogens with zero attached hydrogens (tertiary/aromatic N) is 3. The van der Waals surface area contributed by atoms with Gasteiger partial charge in [-0.25, -0.2) is 0 Å². The molecule has 7 heteroatoms. The van der Waals surface area contributed by atoms with Gasteiger partial charge in [-0.1, -0.05) is 22.7 Å². The van der Waals surface area contributed by atoms with E-state index in [1.165, 1.54) is 6.20 Å². The summed E-state index contributed by atoms with van der Waals surface area (Å²) in [7, 11) is 0. The molecule has 1 aromatic heterocycles. The molecule has 6 nitrogen and oxygen atoms in total. The summed E-state index contributed by atoms with van der Waals surface area (Å²) in [6.07, 6.45) is 1.44. The molecular formula is C13H13N3O3S. The number of fused-ring (bicyclic) bond motifs is 1. The summed E-state index contributed by atoms with van der Waals surface area (Å²) in [4.78, 5) is 14.6. The van der Waals surface area contributed by atoms with Crippen molar-refractivity contribution in [3.8, 4) is 5.75 Å². The third-order valence-corrected chi connectivity index (χ3v) is 3.90. The minimum atomic E-state index is -0.414. The van der Waals surface area contributed by atoms with E-state index in [4.69, 9.17) is 4.74 Å². The number of rotatable bonds is 2. The van der Waals surface area contributed by atoms with Crippen LogP contribution in [0.15, 0.2) is 30.5 Å². The topological polar surface area (TPSA) is 75.6 Å². The van der Waals surface area contributed by atoms with E-state index < -0.39 is 6.04 Å². The molecule has 2 aromatic rings. The van der Waals surface area contributed by atoms with E-state index in [0.717, 1.165) is 17.1 Å². The van der Waals surface area contributed by atoms with Crippen LogP contribution in [0, 0.1) is 0 Å². The normalized spacial score (nSPS) is 18.1. The number of benzene rings is 1. The maximum absolute atomic E-state index is 12.5. The molecule has 1 aliphatic heterocycles. The third-order valence-electron chi connectivity index (χ3n) is 3.25. The average Bonchev–Trinajstić information content (AvgIpc) is 2.94. The van der Waals surface area contributed by atoms with Crippen LogP contribution in [0.25, 0.3) is 0 Å². The fourth-order valence-electron chi connectivity index (χ4n) is 2.31. The molecule has 1 aromatic carbocycles. The lowest BCUT2D eigenvalue weighted by Gasteiger charge is -2.27. The van der Waals surface area contributed by atoms with Crippen LogP contribution in [0.1, 0.15) is 21.3 Å². The van der Waals surface area contributed by atoms with Crippen molar-refractivity contribution >= 4 is 17.4 Å². The van der Waals surface area contributed by atoms with Crippen LogP contribution in [0.4, 0.5) is 0 Å². The molecule has 2 heterocycles. The minimum absolute atomic E-state index is 0.154. The Balaban J connectivity index is 1.97. The molecule has 104 valence electrons. The average molecular weight is 291 g/mol. The van der Waals surface area contributed by atoms with E-state index in [-0.39, 0.29) is 12.5 Å². The highest BCUT2D eigenvalue weighted by Crippen LogP contribution is 2.32. The molecule has 0 fully saturated rings. The Hall–Kier alpha value is -1.99. The number of aromatic nitrogens is 2. The Morgan fingerprint density at radius 3 is 3.10 bits per heavy atom. The van der Waals surface area contributed by atoms with Gasteiger partial charge in [-0.15, -0.1) is 5.10 Å². The number of aliphatic hydroxyl groups is 1. The standard InChI is InChI=1S/C13H13N3O3S/c17-8-10-9-3-1-2-4-11(9)19-6-5-16(10)13(18)12-7-14-15-20-12/h1-4,7,10,17H,5-6,8H2/t10-/m0/s1. The zero-order valence-corrected chi connectivity index (χ0v) is 11.4. The van der Waals surface area contributed by atoms with E-state index in [0.29, 0.717) is 23.8 Å². The highest BCUT2D eigenvalue weighted by Gasteiger charge is 2.30. The van der Waals surface area contributed by atoms with E-state index in [1.54, 1.807) is 4.90 Å². The number of amides is 1. The summed E-state index contributed by atoms with van der Waals surface area (Å²) in [5.41, 5.74) is 0.818. The van der Waals surface area contributed by atoms with Crippen molar-refractivity contribution in [1.82, 2.24) is 14.5 Å². The van der Waals surface area contributed by atoms with Crippen LogP contribution in [0.5, 0.6) is 5.75 Å². The second kappa shape index (κ2) is 5.56. The van der Waals surface area contributed by atoms with Crippen molar-refractivity contribution < 1.29 is 14.6 Å². The number of hydrogen-bond acceptors (Lipinski definition) is 6. The van der Waals surface area contributed by atoms with Gasteiger partial charge < -0.3 is 14.7 Å². The van der Waals surface area contributed by atoms with Gasteiger partial charge in [0.2, 0.25) is 0 Å². The first-order valence-corrected chi connectivity index (χ1v) is 6.99. The number of ether oxygens (including phenoxy) is 1. The fourth-order valence-corrected chi connectivity index (χ4v) is 2.78. The molecular weight excluding hydrogens is 278 g/mol. The van der Waals surface area contributed by atoms with Crippen molar-refractivity contribution in [2.24, 2.45) is 0 Å². The molecule has 0 aliphatic carbocycles. The highest BCUT2D eigenvalue weighted by atomic mass is 32.1. The first-order chi connectivity index (χ1) is 9.81. The molecule has 0 radical (unpaired) electrons. The minimum Gasteiger partial charge on any atom is -0.491 e. The van der Waals surface area contributed by atoms with Crippen LogP contribution >= 0.6 is 11.5 Å². The van der Waals surface area contributed by atoms with E-state index >= 15 is 0 Å².